The molecule has 0 fully saturated rings. The van der Waals surface area contributed by atoms with Crippen molar-refractivity contribution in [1.29, 1.82) is 0 Å². The van der Waals surface area contributed by atoms with Crippen LogP contribution >= 0.6 is 0 Å². The van der Waals surface area contributed by atoms with Gasteiger partial charge in [-0.05, 0) is 0 Å². The molecule has 0 rings (SSSR count). The molecule has 0 atom stereocenters. The Labute approximate surface area is 250 Å². The van der Waals surface area contributed by atoms with Crippen LogP contribution in [-0.2, 0) is 137 Å². The van der Waals surface area contributed by atoms with Crippen LogP contribution in [0.3, 0.4) is 0 Å². The molecule has 0 aromatic heterocycles. The zero-order chi connectivity index (χ0) is 0. The summed E-state index contributed by atoms with van der Waals surface area (Å²) in [5.41, 5.74) is 0. The van der Waals surface area contributed by atoms with Gasteiger partial charge in [-0.25, -0.2) is 0 Å². The van der Waals surface area contributed by atoms with E-state index in [-0.39, 0.29) is 256 Å². The second-order valence-electron chi connectivity index (χ2n) is 0. The van der Waals surface area contributed by atoms with Gasteiger partial charge in [-0.1, -0.05) is 0 Å². The summed E-state index contributed by atoms with van der Waals surface area (Å²) in [7, 11) is 0. The Morgan fingerprint density at radius 3 is 0.154 bits per heavy atom. The zero-order valence-corrected chi connectivity index (χ0v) is 29.2. The number of hydrogen-bond acceptors (Lipinski definition) is 0. The molecule has 0 aliphatic heterocycles. The monoisotopic (exact) mass is 1040 g/mol. The maximum atomic E-state index is 0. The minimum atomic E-state index is 0. The smallest absolute Gasteiger partial charge is 0 e. The quantitative estimate of drug-likeness (QED) is 0.249. The molecule has 0 aliphatic carbocycles. The summed E-state index contributed by atoms with van der Waals surface area (Å²) in [6, 6.07) is 0. The van der Waals surface area contributed by atoms with Crippen molar-refractivity contribution >= 4 is 120 Å². The molecule has 0 saturated heterocycles. The second-order valence-corrected chi connectivity index (χ2v) is 0. The van der Waals surface area contributed by atoms with Gasteiger partial charge in [0, 0.05) is 256 Å². The van der Waals surface area contributed by atoms with Gasteiger partial charge in [0.1, 0.15) is 0 Å². The van der Waals surface area contributed by atoms with Gasteiger partial charge in [-0.2, -0.15) is 0 Å². The molecule has 0 nitrogen and oxygen atoms in total. The predicted molar refractivity (Wildman–Crippen MR) is 28.8 cm³/mol. The van der Waals surface area contributed by atoms with Crippen molar-refractivity contribution < 1.29 is 137 Å². The Balaban J connectivity index is 0. The van der Waals surface area contributed by atoms with Crippen LogP contribution in [0.4, 0.5) is 0 Å². The average Bonchev–Trinajstić information content (AvgIpc) is 0. The molecule has 13 heavy (non-hydrogen) atoms. The fourth-order valence-electron chi connectivity index (χ4n) is 0. The van der Waals surface area contributed by atoms with E-state index in [4.69, 9.17) is 0 Å². The molecule has 0 aromatic carbocycles. The normalized spacial score (nSPS) is 0. The molecule has 0 spiro atoms. The first-order valence-corrected chi connectivity index (χ1v) is 0. The summed E-state index contributed by atoms with van der Waals surface area (Å²) in [5, 5.41) is 0. The fourth-order valence-corrected chi connectivity index (χ4v) is 0. The van der Waals surface area contributed by atoms with Crippen LogP contribution in [0.25, 0.3) is 0 Å². The summed E-state index contributed by atoms with van der Waals surface area (Å²) in [6.45, 7) is 0. The molecule has 0 bridgehead atoms. The fraction of sp³-hybridized carbons (Fsp3) is 0. The first kappa shape index (κ1) is 129. The van der Waals surface area contributed by atoms with Crippen LogP contribution in [-0.4, -0.2) is 120 Å². The van der Waals surface area contributed by atoms with E-state index in [1.165, 1.54) is 0 Å². The van der Waals surface area contributed by atoms with Crippen molar-refractivity contribution in [2.45, 2.75) is 0 Å². The van der Waals surface area contributed by atoms with Gasteiger partial charge >= 0.3 is 0 Å². The summed E-state index contributed by atoms with van der Waals surface area (Å²) in [4.78, 5) is 0. The van der Waals surface area contributed by atoms with Crippen molar-refractivity contribution in [1.82, 2.24) is 0 Å². The summed E-state index contributed by atoms with van der Waals surface area (Å²) < 4.78 is 0. The van der Waals surface area contributed by atoms with Gasteiger partial charge in [0.25, 0.3) is 0 Å². The number of rotatable bonds is 0. The third kappa shape index (κ3) is 99.9. The molecule has 0 amide bonds. The number of hydrogen-bond donors (Lipinski definition) is 0. The molecule has 28 radical (unpaired) electrons. The van der Waals surface area contributed by atoms with Gasteiger partial charge in [0.05, 0.1) is 0 Å². The predicted octanol–water partition coefficient (Wildman–Crippen LogP) is -1.92. The van der Waals surface area contributed by atoms with Crippen molar-refractivity contribution in [3.8, 4) is 0 Å². The Morgan fingerprint density at radius 1 is 0.154 bits per heavy atom. The molecule has 0 unspecified atom stereocenters. The van der Waals surface area contributed by atoms with Crippen LogP contribution in [0.15, 0.2) is 0 Å². The van der Waals surface area contributed by atoms with Gasteiger partial charge in [0.15, 0.2) is 0 Å². The molecule has 0 saturated carbocycles. The van der Waals surface area contributed by atoms with Crippen LogP contribution in [0.5, 0.6) is 0 Å². The second kappa shape index (κ2) is 111. The first-order valence-electron chi connectivity index (χ1n) is 0. The van der Waals surface area contributed by atoms with Gasteiger partial charge in [-0.3, -0.25) is 0 Å². The Kier molecular flexibility index (Phi) is 1110. The Hall–Kier alpha value is 8.15. The van der Waals surface area contributed by atoms with Crippen LogP contribution in [0, 0.1) is 0 Å². The average molecular weight is 1030 g/mol. The molecular weight excluding hydrogens is 1030 g/mol. The van der Waals surface area contributed by atoms with Gasteiger partial charge < -0.3 is 0 Å². The van der Waals surface area contributed by atoms with Crippen LogP contribution < -0.4 is 0 Å². The van der Waals surface area contributed by atoms with Crippen molar-refractivity contribution in [2.24, 2.45) is 0 Å². The first-order chi connectivity index (χ1) is 0. The molecule has 0 heterocycles. The largest absolute Gasteiger partial charge is 0 e. The Bertz CT molecular complexity index is 12.5. The molecule has 76 valence electrons. The third-order valence-electron chi connectivity index (χ3n) is 0. The van der Waals surface area contributed by atoms with E-state index in [0.29, 0.717) is 0 Å². The van der Waals surface area contributed by atoms with E-state index < -0.39 is 0 Å². The topological polar surface area (TPSA) is 0 Å². The van der Waals surface area contributed by atoms with Gasteiger partial charge in [0.2, 0.25) is 0 Å². The van der Waals surface area contributed by atoms with Gasteiger partial charge in [-0.15, -0.1) is 0 Å². The summed E-state index contributed by atoms with van der Waals surface area (Å²) >= 11 is 0. The SMILES string of the molecule is [Mn].[Mn].[Mn].[Mn].[Mn].[Mn].[Mn].[Mn].[Sn].[Sn].[Sn].[Sn].[Sn]. The van der Waals surface area contributed by atoms with E-state index in [0.717, 1.165) is 0 Å². The van der Waals surface area contributed by atoms with E-state index in [9.17, 15) is 0 Å². The standard InChI is InChI=1S/8Mn.5Sn. The molecule has 0 aliphatic rings. The molecular formula is Mn8Sn5. The molecule has 13 heteroatoms. The maximum absolute atomic E-state index is 0. The van der Waals surface area contributed by atoms with E-state index >= 15 is 0 Å². The summed E-state index contributed by atoms with van der Waals surface area (Å²) in [5.74, 6) is 0. The molecule has 0 aromatic rings. The maximum Gasteiger partial charge on any atom is 0 e. The van der Waals surface area contributed by atoms with Crippen LogP contribution in [0.2, 0.25) is 0 Å². The van der Waals surface area contributed by atoms with Crippen molar-refractivity contribution in [3.63, 3.8) is 0 Å². The van der Waals surface area contributed by atoms with Crippen LogP contribution in [0.1, 0.15) is 0 Å². The summed E-state index contributed by atoms with van der Waals surface area (Å²) in [6.07, 6.45) is 0. The Morgan fingerprint density at radius 2 is 0.154 bits per heavy atom. The van der Waals surface area contributed by atoms with E-state index in [2.05, 4.69) is 0 Å². The third-order valence-corrected chi connectivity index (χ3v) is 0. The minimum Gasteiger partial charge on any atom is 0 e. The van der Waals surface area contributed by atoms with Crippen molar-refractivity contribution in [2.75, 3.05) is 0 Å². The zero-order valence-electron chi connectivity index (χ0n) is 5.52. The minimum absolute atomic E-state index is 0. The molecule has 0 N–H and O–H groups in total. The van der Waals surface area contributed by atoms with E-state index in [1.807, 2.05) is 0 Å². The van der Waals surface area contributed by atoms with E-state index in [1.54, 1.807) is 0 Å². The van der Waals surface area contributed by atoms with Crippen molar-refractivity contribution in [3.05, 3.63) is 0 Å².